The molecule has 3 atom stereocenters. The fourth-order valence-electron chi connectivity index (χ4n) is 4.40. The van der Waals surface area contributed by atoms with Crippen molar-refractivity contribution in [2.24, 2.45) is 0 Å². The minimum atomic E-state index is 0.0245. The highest BCUT2D eigenvalue weighted by Crippen LogP contribution is 2.39. The lowest BCUT2D eigenvalue weighted by molar-refractivity contribution is 0.406. The number of hydrogen-bond acceptors (Lipinski definition) is 1. The molecule has 134 valence electrons. The van der Waals surface area contributed by atoms with E-state index < -0.39 is 0 Å². The van der Waals surface area contributed by atoms with Gasteiger partial charge in [-0.25, -0.2) is 0 Å². The maximum Gasteiger partial charge on any atom is 0.0327 e. The van der Waals surface area contributed by atoms with Crippen molar-refractivity contribution < 1.29 is 0 Å². The van der Waals surface area contributed by atoms with Gasteiger partial charge in [-0.15, -0.1) is 0 Å². The summed E-state index contributed by atoms with van der Waals surface area (Å²) in [5, 5.41) is 3.77. The zero-order chi connectivity index (χ0) is 17.9. The number of rotatable bonds is 6. The predicted molar refractivity (Wildman–Crippen MR) is 108 cm³/mol. The highest BCUT2D eigenvalue weighted by Gasteiger charge is 2.39. The molecule has 3 unspecified atom stereocenters. The minimum absolute atomic E-state index is 0.0245. The molecule has 1 heteroatoms. The van der Waals surface area contributed by atoms with E-state index in [0.29, 0.717) is 12.0 Å². The third-order valence-corrected chi connectivity index (χ3v) is 6.21. The monoisotopic (exact) mass is 335 g/mol. The third-order valence-electron chi connectivity index (χ3n) is 6.21. The maximum atomic E-state index is 3.77. The topological polar surface area (TPSA) is 12.0 Å². The first-order valence-electron chi connectivity index (χ1n) is 9.96. The predicted octanol–water partition coefficient (Wildman–Crippen LogP) is 5.96. The Morgan fingerprint density at radius 3 is 2.16 bits per heavy atom. The van der Waals surface area contributed by atoms with E-state index >= 15 is 0 Å². The molecule has 2 aromatic carbocycles. The van der Waals surface area contributed by atoms with E-state index in [1.807, 2.05) is 0 Å². The molecule has 1 heterocycles. The van der Waals surface area contributed by atoms with Gasteiger partial charge in [-0.05, 0) is 62.3 Å². The molecule has 3 rings (SSSR count). The Balaban J connectivity index is 1.98. The SMILES string of the molecule is CCCC(C)c1ccc(C(C)(c2ccc(C)cc2)C2CCCN2)cc1. The molecule has 0 saturated carbocycles. The first-order valence-corrected chi connectivity index (χ1v) is 9.96. The van der Waals surface area contributed by atoms with Gasteiger partial charge in [0.25, 0.3) is 0 Å². The van der Waals surface area contributed by atoms with Crippen LogP contribution in [0.1, 0.15) is 74.6 Å². The van der Waals surface area contributed by atoms with Crippen LogP contribution in [0.25, 0.3) is 0 Å². The van der Waals surface area contributed by atoms with Gasteiger partial charge in [0.15, 0.2) is 0 Å². The average molecular weight is 336 g/mol. The molecule has 0 aromatic heterocycles. The second-order valence-corrected chi connectivity index (χ2v) is 8.03. The summed E-state index contributed by atoms with van der Waals surface area (Å²) in [4.78, 5) is 0. The van der Waals surface area contributed by atoms with Gasteiger partial charge in [-0.3, -0.25) is 0 Å². The van der Waals surface area contributed by atoms with Gasteiger partial charge < -0.3 is 5.32 Å². The molecule has 0 amide bonds. The van der Waals surface area contributed by atoms with Crippen molar-refractivity contribution in [3.8, 4) is 0 Å². The van der Waals surface area contributed by atoms with E-state index in [9.17, 15) is 0 Å². The molecule has 1 saturated heterocycles. The van der Waals surface area contributed by atoms with Gasteiger partial charge in [0, 0.05) is 11.5 Å². The molecule has 1 fully saturated rings. The Bertz CT molecular complexity index is 664. The Hall–Kier alpha value is -1.60. The van der Waals surface area contributed by atoms with Crippen LogP contribution >= 0.6 is 0 Å². The van der Waals surface area contributed by atoms with Crippen LogP contribution in [0.2, 0.25) is 0 Å². The molecule has 0 radical (unpaired) electrons. The quantitative estimate of drug-likeness (QED) is 0.687. The van der Waals surface area contributed by atoms with Crippen molar-refractivity contribution in [3.63, 3.8) is 0 Å². The summed E-state index contributed by atoms with van der Waals surface area (Å²) in [7, 11) is 0. The minimum Gasteiger partial charge on any atom is -0.313 e. The van der Waals surface area contributed by atoms with Gasteiger partial charge in [0.2, 0.25) is 0 Å². The number of aryl methyl sites for hydroxylation is 1. The molecule has 2 aromatic rings. The van der Waals surface area contributed by atoms with E-state index in [1.54, 1.807) is 0 Å². The van der Waals surface area contributed by atoms with Crippen LogP contribution in [0.3, 0.4) is 0 Å². The molecule has 0 bridgehead atoms. The lowest BCUT2D eigenvalue weighted by atomic mass is 9.70. The standard InChI is InChI=1S/C24H33N/c1-5-7-19(3)20-11-15-22(16-12-20)24(4,23-8-6-17-25-23)21-13-9-18(2)10-14-21/h9-16,19,23,25H,5-8,17H2,1-4H3. The van der Waals surface area contributed by atoms with Crippen LogP contribution in [-0.4, -0.2) is 12.6 Å². The summed E-state index contributed by atoms with van der Waals surface area (Å²) in [6.45, 7) is 10.3. The fraction of sp³-hybridized carbons (Fsp3) is 0.500. The van der Waals surface area contributed by atoms with Crippen molar-refractivity contribution in [3.05, 3.63) is 70.8 Å². The summed E-state index contributed by atoms with van der Waals surface area (Å²) < 4.78 is 0. The Morgan fingerprint density at radius 2 is 1.64 bits per heavy atom. The largest absolute Gasteiger partial charge is 0.313 e. The van der Waals surface area contributed by atoms with Crippen molar-refractivity contribution in [2.75, 3.05) is 6.54 Å². The normalized spacial score (nSPS) is 21.0. The zero-order valence-electron chi connectivity index (χ0n) is 16.3. The molecule has 1 aliphatic heterocycles. The van der Waals surface area contributed by atoms with Gasteiger partial charge >= 0.3 is 0 Å². The van der Waals surface area contributed by atoms with Crippen molar-refractivity contribution in [1.29, 1.82) is 0 Å². The van der Waals surface area contributed by atoms with Crippen LogP contribution in [0, 0.1) is 6.92 Å². The Labute approximate surface area is 153 Å². The number of benzene rings is 2. The van der Waals surface area contributed by atoms with Crippen molar-refractivity contribution in [1.82, 2.24) is 5.32 Å². The summed E-state index contributed by atoms with van der Waals surface area (Å²) in [6, 6.07) is 19.1. The summed E-state index contributed by atoms with van der Waals surface area (Å²) >= 11 is 0. The van der Waals surface area contributed by atoms with Gasteiger partial charge in [0.05, 0.1) is 0 Å². The Kier molecular flexibility index (Phi) is 5.64. The summed E-state index contributed by atoms with van der Waals surface area (Å²) in [5.41, 5.74) is 5.68. The van der Waals surface area contributed by atoms with Gasteiger partial charge in [-0.1, -0.05) is 74.4 Å². The zero-order valence-corrected chi connectivity index (χ0v) is 16.3. The molecule has 25 heavy (non-hydrogen) atoms. The summed E-state index contributed by atoms with van der Waals surface area (Å²) in [6.07, 6.45) is 5.03. The van der Waals surface area contributed by atoms with Crippen LogP contribution < -0.4 is 5.32 Å². The first-order chi connectivity index (χ1) is 12.1. The molecule has 1 aliphatic rings. The maximum absolute atomic E-state index is 3.77. The second-order valence-electron chi connectivity index (χ2n) is 8.03. The lowest BCUT2D eigenvalue weighted by Gasteiger charge is -2.37. The third kappa shape index (κ3) is 3.67. The molecule has 0 aliphatic carbocycles. The summed E-state index contributed by atoms with van der Waals surface area (Å²) in [5.74, 6) is 0.647. The van der Waals surface area contributed by atoms with Gasteiger partial charge in [0.1, 0.15) is 0 Å². The smallest absolute Gasteiger partial charge is 0.0327 e. The van der Waals surface area contributed by atoms with E-state index in [0.717, 1.165) is 6.54 Å². The van der Waals surface area contributed by atoms with Crippen LogP contribution in [0.15, 0.2) is 48.5 Å². The lowest BCUT2D eigenvalue weighted by Crippen LogP contribution is -2.44. The highest BCUT2D eigenvalue weighted by atomic mass is 15.0. The molecular formula is C24H33N. The fourth-order valence-corrected chi connectivity index (χ4v) is 4.40. The van der Waals surface area contributed by atoms with E-state index in [2.05, 4.69) is 81.5 Å². The van der Waals surface area contributed by atoms with Crippen LogP contribution in [0.5, 0.6) is 0 Å². The van der Waals surface area contributed by atoms with Crippen molar-refractivity contribution in [2.45, 2.75) is 70.8 Å². The van der Waals surface area contributed by atoms with E-state index in [-0.39, 0.29) is 5.41 Å². The average Bonchev–Trinajstić information content (AvgIpc) is 3.17. The van der Waals surface area contributed by atoms with Crippen molar-refractivity contribution >= 4 is 0 Å². The van der Waals surface area contributed by atoms with E-state index in [4.69, 9.17) is 0 Å². The molecular weight excluding hydrogens is 302 g/mol. The Morgan fingerprint density at radius 1 is 1.04 bits per heavy atom. The van der Waals surface area contributed by atoms with Crippen LogP contribution in [-0.2, 0) is 5.41 Å². The highest BCUT2D eigenvalue weighted by molar-refractivity contribution is 5.43. The molecule has 1 nitrogen and oxygen atoms in total. The first kappa shape index (κ1) is 18.2. The molecule has 0 spiro atoms. The number of hydrogen-bond donors (Lipinski definition) is 1. The molecule has 1 N–H and O–H groups in total. The van der Waals surface area contributed by atoms with E-state index in [1.165, 1.54) is 47.9 Å². The van der Waals surface area contributed by atoms with Gasteiger partial charge in [-0.2, -0.15) is 0 Å². The second kappa shape index (κ2) is 7.74. The number of nitrogens with one attached hydrogen (secondary N) is 1. The van der Waals surface area contributed by atoms with Crippen LogP contribution in [0.4, 0.5) is 0 Å².